The van der Waals surface area contributed by atoms with Crippen molar-refractivity contribution in [1.82, 2.24) is 0 Å². The maximum atomic E-state index is 8.57. The van der Waals surface area contributed by atoms with Crippen LogP contribution in [0.25, 0.3) is 0 Å². The van der Waals surface area contributed by atoms with E-state index in [-0.39, 0.29) is 13.2 Å². The predicted molar refractivity (Wildman–Crippen MR) is 60.0 cm³/mol. The molecule has 0 aliphatic carbocycles. The summed E-state index contributed by atoms with van der Waals surface area (Å²) in [4.78, 5) is 8.97. The molecule has 16 heavy (non-hydrogen) atoms. The fourth-order valence-corrected chi connectivity index (χ4v) is 1.44. The normalized spacial score (nSPS) is 18.6. The van der Waals surface area contributed by atoms with Gasteiger partial charge in [-0.2, -0.15) is 0 Å². The molecule has 0 aromatic heterocycles. The van der Waals surface area contributed by atoms with Gasteiger partial charge in [0.1, 0.15) is 18.1 Å². The number of rotatable bonds is 3. The zero-order valence-corrected chi connectivity index (χ0v) is 8.88. The molecule has 84 valence electrons. The van der Waals surface area contributed by atoms with E-state index < -0.39 is 0 Å². The Bertz CT molecular complexity index is 441. The number of aliphatic hydroxyl groups is 1. The first-order chi connectivity index (χ1) is 7.86. The maximum Gasteiger partial charge on any atom is 0.282 e. The fraction of sp³-hybridized carbons (Fsp3) is 0.273. The smallest absolute Gasteiger partial charge is 0.282 e. The quantitative estimate of drug-likeness (QED) is 0.606. The highest BCUT2D eigenvalue weighted by molar-refractivity contribution is 6.48. The van der Waals surface area contributed by atoms with Crippen LogP contribution < -0.4 is 4.74 Å². The number of oxime groups is 1. The Morgan fingerprint density at radius 1 is 1.38 bits per heavy atom. The van der Waals surface area contributed by atoms with E-state index in [1.807, 2.05) is 24.3 Å². The Balaban J connectivity index is 2.25. The number of fused-ring (bicyclic) bond motifs is 1. The highest BCUT2D eigenvalue weighted by Gasteiger charge is 2.26. The van der Waals surface area contributed by atoms with Crippen molar-refractivity contribution in [2.75, 3.05) is 20.3 Å². The Hall–Kier alpha value is -1.88. The summed E-state index contributed by atoms with van der Waals surface area (Å²) in [5.74, 6) is 1.05. The number of nitrogens with zero attached hydrogens (tertiary/aromatic N) is 2. The first-order valence-corrected chi connectivity index (χ1v) is 4.92. The van der Waals surface area contributed by atoms with Crippen LogP contribution in [0.5, 0.6) is 5.75 Å². The monoisotopic (exact) mass is 220 g/mol. The van der Waals surface area contributed by atoms with E-state index in [0.29, 0.717) is 11.6 Å². The van der Waals surface area contributed by atoms with Gasteiger partial charge < -0.3 is 14.7 Å². The van der Waals surface area contributed by atoms with Gasteiger partial charge in [-0.15, -0.1) is 0 Å². The molecular formula is C11H12N2O3. The molecule has 0 spiro atoms. The van der Waals surface area contributed by atoms with E-state index in [1.54, 1.807) is 7.05 Å². The number of aliphatic imine (C=N–C) groups is 1. The first-order valence-electron chi connectivity index (χ1n) is 4.92. The maximum absolute atomic E-state index is 8.57. The molecule has 1 N–H and O–H groups in total. The van der Waals surface area contributed by atoms with Crippen molar-refractivity contribution in [2.24, 2.45) is 10.1 Å². The highest BCUT2D eigenvalue weighted by atomic mass is 16.7. The van der Waals surface area contributed by atoms with Crippen LogP contribution in [0.2, 0.25) is 0 Å². The fourth-order valence-electron chi connectivity index (χ4n) is 1.44. The molecule has 1 aliphatic heterocycles. The second kappa shape index (κ2) is 4.76. The average Bonchev–Trinajstić information content (AvgIpc) is 2.67. The Labute approximate surface area is 93.0 Å². The lowest BCUT2D eigenvalue weighted by molar-refractivity contribution is 0.0961. The average molecular weight is 220 g/mol. The van der Waals surface area contributed by atoms with Crippen molar-refractivity contribution in [2.45, 2.75) is 0 Å². The lowest BCUT2D eigenvalue weighted by atomic mass is 10.1. The summed E-state index contributed by atoms with van der Waals surface area (Å²) in [5, 5.41) is 12.4. The van der Waals surface area contributed by atoms with Crippen molar-refractivity contribution in [3.63, 3.8) is 0 Å². The van der Waals surface area contributed by atoms with E-state index in [2.05, 4.69) is 10.1 Å². The van der Waals surface area contributed by atoms with Gasteiger partial charge in [0.05, 0.1) is 6.61 Å². The third-order valence-electron chi connectivity index (χ3n) is 2.11. The third kappa shape index (κ3) is 1.90. The van der Waals surface area contributed by atoms with Gasteiger partial charge in [0.2, 0.25) is 0 Å². The number of hydrogen-bond donors (Lipinski definition) is 1. The van der Waals surface area contributed by atoms with E-state index in [1.165, 1.54) is 0 Å². The molecule has 0 atom stereocenters. The van der Waals surface area contributed by atoms with Gasteiger partial charge in [0.25, 0.3) is 5.90 Å². The standard InChI is InChI=1S/C11H12N2O3/c1-12-10-8-4-2-3-5-9(8)16-11(10)13-15-7-6-14/h2-5,14H,6-7H2,1H3. The molecule has 0 amide bonds. The van der Waals surface area contributed by atoms with Gasteiger partial charge in [0.15, 0.2) is 0 Å². The lowest BCUT2D eigenvalue weighted by Gasteiger charge is -1.98. The zero-order valence-electron chi connectivity index (χ0n) is 8.88. The Kier molecular flexibility index (Phi) is 3.16. The van der Waals surface area contributed by atoms with E-state index in [9.17, 15) is 0 Å². The summed E-state index contributed by atoms with van der Waals surface area (Å²) < 4.78 is 5.47. The summed E-state index contributed by atoms with van der Waals surface area (Å²) in [7, 11) is 1.67. The van der Waals surface area contributed by atoms with Gasteiger partial charge >= 0.3 is 0 Å². The van der Waals surface area contributed by atoms with Crippen LogP contribution in [0.4, 0.5) is 0 Å². The Morgan fingerprint density at radius 2 is 2.19 bits per heavy atom. The van der Waals surface area contributed by atoms with E-state index >= 15 is 0 Å². The van der Waals surface area contributed by atoms with Crippen LogP contribution in [0, 0.1) is 0 Å². The van der Waals surface area contributed by atoms with Gasteiger partial charge in [-0.25, -0.2) is 0 Å². The van der Waals surface area contributed by atoms with Crippen molar-refractivity contribution in [3.05, 3.63) is 29.8 Å². The molecule has 0 saturated carbocycles. The molecule has 0 fully saturated rings. The second-order valence-corrected chi connectivity index (χ2v) is 3.12. The van der Waals surface area contributed by atoms with Crippen LogP contribution >= 0.6 is 0 Å². The molecule has 0 bridgehead atoms. The molecule has 0 radical (unpaired) electrons. The van der Waals surface area contributed by atoms with Gasteiger partial charge in [0, 0.05) is 12.6 Å². The molecule has 1 aliphatic rings. The van der Waals surface area contributed by atoms with Gasteiger partial charge in [-0.3, -0.25) is 4.99 Å². The predicted octanol–water partition coefficient (Wildman–Crippen LogP) is 0.820. The van der Waals surface area contributed by atoms with Crippen LogP contribution in [0.15, 0.2) is 34.4 Å². The van der Waals surface area contributed by atoms with Crippen LogP contribution in [0.3, 0.4) is 0 Å². The third-order valence-corrected chi connectivity index (χ3v) is 2.11. The molecule has 1 aromatic rings. The Morgan fingerprint density at radius 3 is 2.94 bits per heavy atom. The largest absolute Gasteiger partial charge is 0.434 e. The molecule has 5 nitrogen and oxygen atoms in total. The molecule has 1 aromatic carbocycles. The summed E-state index contributed by atoms with van der Waals surface area (Å²) in [6, 6.07) is 7.54. The number of aliphatic hydroxyl groups excluding tert-OH is 1. The van der Waals surface area contributed by atoms with Crippen LogP contribution in [-0.4, -0.2) is 37.0 Å². The molecule has 0 saturated heterocycles. The molecule has 1 heterocycles. The summed E-state index contributed by atoms with van der Waals surface area (Å²) >= 11 is 0. The summed E-state index contributed by atoms with van der Waals surface area (Å²) in [6.45, 7) is 0.0581. The topological polar surface area (TPSA) is 63.4 Å². The van der Waals surface area contributed by atoms with Crippen molar-refractivity contribution in [3.8, 4) is 5.75 Å². The van der Waals surface area contributed by atoms with E-state index in [4.69, 9.17) is 14.7 Å². The lowest BCUT2D eigenvalue weighted by Crippen LogP contribution is -2.14. The van der Waals surface area contributed by atoms with Crippen LogP contribution in [-0.2, 0) is 4.84 Å². The summed E-state index contributed by atoms with van der Waals surface area (Å²) in [5.41, 5.74) is 1.56. The first kappa shape index (κ1) is 10.6. The molecule has 5 heteroatoms. The molecule has 2 rings (SSSR count). The SMILES string of the molecule is CN=C1C(=NOCCO)Oc2ccccc21. The molecule has 0 unspecified atom stereocenters. The van der Waals surface area contributed by atoms with Crippen LogP contribution in [0.1, 0.15) is 5.56 Å². The second-order valence-electron chi connectivity index (χ2n) is 3.12. The number of ether oxygens (including phenoxy) is 1. The number of hydrogen-bond acceptors (Lipinski definition) is 5. The van der Waals surface area contributed by atoms with Gasteiger partial charge in [-0.1, -0.05) is 12.1 Å². The van der Waals surface area contributed by atoms with Crippen molar-refractivity contribution < 1.29 is 14.7 Å². The minimum Gasteiger partial charge on any atom is -0.434 e. The number of benzene rings is 1. The van der Waals surface area contributed by atoms with Crippen molar-refractivity contribution >= 4 is 11.6 Å². The highest BCUT2D eigenvalue weighted by Crippen LogP contribution is 2.26. The van der Waals surface area contributed by atoms with Gasteiger partial charge in [-0.05, 0) is 17.3 Å². The van der Waals surface area contributed by atoms with Crippen molar-refractivity contribution in [1.29, 1.82) is 0 Å². The zero-order chi connectivity index (χ0) is 11.4. The summed E-state index contributed by atoms with van der Waals surface area (Å²) in [6.07, 6.45) is 0. The molecular weight excluding hydrogens is 208 g/mol. The van der Waals surface area contributed by atoms with E-state index in [0.717, 1.165) is 11.3 Å². The minimum absolute atomic E-state index is 0.0810. The number of para-hydroxylation sites is 1. The minimum atomic E-state index is -0.0810.